The number of halogens is 1. The van der Waals surface area contributed by atoms with Gasteiger partial charge in [-0.15, -0.1) is 0 Å². The number of benzene rings is 1. The van der Waals surface area contributed by atoms with E-state index in [0.717, 1.165) is 0 Å². The number of carbonyl (C=O) groups is 3. The molecule has 0 fully saturated rings. The number of para-hydroxylation sites is 1. The standard InChI is InChI=1S/C15H14FN3O4/c1-19-8-4-7-12(19)14(21)23-9-13(20)18-15(22)17-11-6-3-2-5-10(11)16/h2-8H,9H2,1H3,(H2,17,18,20,22). The first-order valence-electron chi connectivity index (χ1n) is 6.61. The summed E-state index contributed by atoms with van der Waals surface area (Å²) in [5.41, 5.74) is 0.201. The number of nitrogens with one attached hydrogen (secondary N) is 2. The second kappa shape index (κ2) is 7.21. The topological polar surface area (TPSA) is 89.4 Å². The molecule has 2 aromatic rings. The van der Waals surface area contributed by atoms with Crippen LogP contribution in [-0.4, -0.2) is 29.1 Å². The summed E-state index contributed by atoms with van der Waals surface area (Å²) in [6, 6.07) is 7.77. The fraction of sp³-hybridized carbons (Fsp3) is 0.133. The van der Waals surface area contributed by atoms with E-state index in [2.05, 4.69) is 5.32 Å². The van der Waals surface area contributed by atoms with Crippen molar-refractivity contribution in [3.05, 3.63) is 54.1 Å². The SMILES string of the molecule is Cn1cccc1C(=O)OCC(=O)NC(=O)Nc1ccccc1F. The van der Waals surface area contributed by atoms with E-state index in [-0.39, 0.29) is 11.4 Å². The summed E-state index contributed by atoms with van der Waals surface area (Å²) in [5, 5.41) is 4.11. The molecule has 23 heavy (non-hydrogen) atoms. The van der Waals surface area contributed by atoms with Crippen molar-refractivity contribution in [1.29, 1.82) is 0 Å². The van der Waals surface area contributed by atoms with Gasteiger partial charge in [-0.3, -0.25) is 10.1 Å². The fourth-order valence-corrected chi connectivity index (χ4v) is 1.76. The number of esters is 1. The molecule has 0 bridgehead atoms. The summed E-state index contributed by atoms with van der Waals surface area (Å²) in [6.45, 7) is -0.630. The molecule has 0 atom stereocenters. The molecule has 0 aliphatic heterocycles. The van der Waals surface area contributed by atoms with Crippen LogP contribution in [0, 0.1) is 5.82 Å². The average molecular weight is 319 g/mol. The summed E-state index contributed by atoms with van der Waals surface area (Å²) >= 11 is 0. The third kappa shape index (κ3) is 4.40. The lowest BCUT2D eigenvalue weighted by Crippen LogP contribution is -2.37. The lowest BCUT2D eigenvalue weighted by molar-refractivity contribution is -0.123. The van der Waals surface area contributed by atoms with E-state index in [0.29, 0.717) is 0 Å². The molecule has 7 nitrogen and oxygen atoms in total. The molecular formula is C15H14FN3O4. The van der Waals surface area contributed by atoms with E-state index in [1.165, 1.54) is 34.9 Å². The number of amides is 3. The molecule has 0 saturated heterocycles. The predicted molar refractivity (Wildman–Crippen MR) is 79.3 cm³/mol. The van der Waals surface area contributed by atoms with E-state index in [9.17, 15) is 18.8 Å². The number of carbonyl (C=O) groups excluding carboxylic acids is 3. The summed E-state index contributed by atoms with van der Waals surface area (Å²) in [4.78, 5) is 34.8. The maximum Gasteiger partial charge on any atom is 0.355 e. The van der Waals surface area contributed by atoms with Crippen LogP contribution in [0.4, 0.5) is 14.9 Å². The van der Waals surface area contributed by atoms with Gasteiger partial charge >= 0.3 is 12.0 Å². The van der Waals surface area contributed by atoms with E-state index in [4.69, 9.17) is 4.74 Å². The second-order valence-electron chi connectivity index (χ2n) is 4.56. The Balaban J connectivity index is 1.81. The minimum absolute atomic E-state index is 0.0707. The predicted octanol–water partition coefficient (Wildman–Crippen LogP) is 1.67. The summed E-state index contributed by atoms with van der Waals surface area (Å²) in [6.07, 6.45) is 1.65. The quantitative estimate of drug-likeness (QED) is 0.839. The van der Waals surface area contributed by atoms with Crippen LogP contribution in [0.2, 0.25) is 0 Å². The minimum atomic E-state index is -0.921. The van der Waals surface area contributed by atoms with Crippen molar-refractivity contribution in [2.75, 3.05) is 11.9 Å². The van der Waals surface area contributed by atoms with E-state index in [1.807, 2.05) is 5.32 Å². The Morgan fingerprint density at radius 1 is 1.17 bits per heavy atom. The molecule has 0 unspecified atom stereocenters. The molecule has 0 spiro atoms. The molecule has 1 aromatic heterocycles. The fourth-order valence-electron chi connectivity index (χ4n) is 1.76. The Hall–Kier alpha value is -3.16. The van der Waals surface area contributed by atoms with Crippen LogP contribution in [0.25, 0.3) is 0 Å². The summed E-state index contributed by atoms with van der Waals surface area (Å²) < 4.78 is 19.6. The van der Waals surface area contributed by atoms with Gasteiger partial charge in [-0.25, -0.2) is 14.0 Å². The highest BCUT2D eigenvalue weighted by atomic mass is 19.1. The number of aromatic nitrogens is 1. The van der Waals surface area contributed by atoms with Crippen molar-refractivity contribution in [3.8, 4) is 0 Å². The van der Waals surface area contributed by atoms with Crippen LogP contribution in [0.15, 0.2) is 42.6 Å². The van der Waals surface area contributed by atoms with Crippen molar-refractivity contribution >= 4 is 23.6 Å². The van der Waals surface area contributed by atoms with Gasteiger partial charge in [0.25, 0.3) is 5.91 Å². The van der Waals surface area contributed by atoms with Gasteiger partial charge < -0.3 is 14.6 Å². The van der Waals surface area contributed by atoms with Gasteiger partial charge in [-0.2, -0.15) is 0 Å². The Bertz CT molecular complexity index is 742. The molecule has 3 amide bonds. The van der Waals surface area contributed by atoms with Crippen LogP contribution in [0.5, 0.6) is 0 Å². The van der Waals surface area contributed by atoms with E-state index < -0.39 is 30.3 Å². The average Bonchev–Trinajstić information content (AvgIpc) is 2.93. The van der Waals surface area contributed by atoms with E-state index in [1.54, 1.807) is 19.3 Å². The van der Waals surface area contributed by atoms with Crippen molar-refractivity contribution in [1.82, 2.24) is 9.88 Å². The summed E-state index contributed by atoms with van der Waals surface area (Å²) in [7, 11) is 1.65. The zero-order chi connectivity index (χ0) is 16.8. The molecule has 8 heteroatoms. The minimum Gasteiger partial charge on any atom is -0.451 e. The van der Waals surface area contributed by atoms with Crippen LogP contribution >= 0.6 is 0 Å². The highest BCUT2D eigenvalue weighted by Crippen LogP contribution is 2.11. The first-order chi connectivity index (χ1) is 11.0. The molecule has 0 aliphatic rings. The number of anilines is 1. The number of imide groups is 1. The zero-order valence-electron chi connectivity index (χ0n) is 12.2. The highest BCUT2D eigenvalue weighted by Gasteiger charge is 2.14. The molecule has 2 rings (SSSR count). The van der Waals surface area contributed by atoms with Crippen molar-refractivity contribution in [3.63, 3.8) is 0 Å². The van der Waals surface area contributed by atoms with Gasteiger partial charge in [-0.05, 0) is 24.3 Å². The van der Waals surface area contributed by atoms with Crippen molar-refractivity contribution in [2.24, 2.45) is 7.05 Å². The van der Waals surface area contributed by atoms with Gasteiger partial charge in [0, 0.05) is 13.2 Å². The molecular weight excluding hydrogens is 305 g/mol. The van der Waals surface area contributed by atoms with Crippen LogP contribution in [-0.2, 0) is 16.6 Å². The zero-order valence-corrected chi connectivity index (χ0v) is 12.2. The largest absolute Gasteiger partial charge is 0.451 e. The number of hydrogen-bond donors (Lipinski definition) is 2. The van der Waals surface area contributed by atoms with Gasteiger partial charge in [0.1, 0.15) is 11.5 Å². The molecule has 0 radical (unpaired) electrons. The molecule has 120 valence electrons. The molecule has 0 saturated carbocycles. The molecule has 2 N–H and O–H groups in total. The van der Waals surface area contributed by atoms with Crippen LogP contribution in [0.3, 0.4) is 0 Å². The lowest BCUT2D eigenvalue weighted by Gasteiger charge is -2.08. The maximum absolute atomic E-state index is 13.3. The summed E-state index contributed by atoms with van der Waals surface area (Å²) in [5.74, 6) is -2.16. The Morgan fingerprint density at radius 2 is 1.91 bits per heavy atom. The van der Waals surface area contributed by atoms with Gasteiger partial charge in [0.2, 0.25) is 0 Å². The van der Waals surface area contributed by atoms with Crippen LogP contribution in [0.1, 0.15) is 10.5 Å². The third-order valence-electron chi connectivity index (χ3n) is 2.86. The molecule has 0 aliphatic carbocycles. The van der Waals surface area contributed by atoms with Gasteiger partial charge in [0.05, 0.1) is 5.69 Å². The number of nitrogens with zero attached hydrogens (tertiary/aromatic N) is 1. The molecule has 1 heterocycles. The van der Waals surface area contributed by atoms with Gasteiger partial charge in [0.15, 0.2) is 6.61 Å². The number of rotatable bonds is 4. The Kier molecular flexibility index (Phi) is 5.08. The Morgan fingerprint density at radius 3 is 2.57 bits per heavy atom. The van der Waals surface area contributed by atoms with Crippen molar-refractivity contribution < 1.29 is 23.5 Å². The third-order valence-corrected chi connectivity index (χ3v) is 2.86. The lowest BCUT2D eigenvalue weighted by atomic mass is 10.3. The van der Waals surface area contributed by atoms with Crippen molar-refractivity contribution in [2.45, 2.75) is 0 Å². The first-order valence-corrected chi connectivity index (χ1v) is 6.61. The first kappa shape index (κ1) is 16.2. The number of aryl methyl sites for hydroxylation is 1. The van der Waals surface area contributed by atoms with Crippen LogP contribution < -0.4 is 10.6 Å². The smallest absolute Gasteiger partial charge is 0.355 e. The number of hydrogen-bond acceptors (Lipinski definition) is 4. The van der Waals surface area contributed by atoms with E-state index >= 15 is 0 Å². The normalized spacial score (nSPS) is 10.0. The Labute approximate surface area is 131 Å². The molecule has 1 aromatic carbocycles. The number of ether oxygens (including phenoxy) is 1. The highest BCUT2D eigenvalue weighted by molar-refractivity contribution is 6.02. The van der Waals surface area contributed by atoms with Gasteiger partial charge in [-0.1, -0.05) is 12.1 Å². The monoisotopic (exact) mass is 319 g/mol. The number of urea groups is 1. The second-order valence-corrected chi connectivity index (χ2v) is 4.56. The maximum atomic E-state index is 13.3.